The molecule has 0 aliphatic carbocycles. The van der Waals surface area contributed by atoms with Crippen molar-refractivity contribution >= 4 is 27.5 Å². The van der Waals surface area contributed by atoms with Crippen LogP contribution in [0.25, 0.3) is 0 Å². The Labute approximate surface area is 108 Å². The summed E-state index contributed by atoms with van der Waals surface area (Å²) < 4.78 is 18.9. The summed E-state index contributed by atoms with van der Waals surface area (Å²) in [4.78, 5) is 0.0433. The van der Waals surface area contributed by atoms with Gasteiger partial charge in [0.05, 0.1) is 10.9 Å². The first kappa shape index (κ1) is 12.3. The lowest BCUT2D eigenvalue weighted by Gasteiger charge is -2.19. The van der Waals surface area contributed by atoms with Crippen LogP contribution in [0.1, 0.15) is 28.8 Å². The summed E-state index contributed by atoms with van der Waals surface area (Å²) in [5.74, 6) is -0.263. The molecule has 1 aliphatic heterocycles. The Bertz CT molecular complexity index is 391. The molecule has 2 rings (SSSR count). The van der Waals surface area contributed by atoms with E-state index in [1.165, 1.54) is 6.07 Å². The summed E-state index contributed by atoms with van der Waals surface area (Å²) >= 11 is 9.64. The second-order valence-electron chi connectivity index (χ2n) is 4.08. The molecule has 1 aliphatic rings. The van der Waals surface area contributed by atoms with Gasteiger partial charge in [-0.1, -0.05) is 33.6 Å². The zero-order chi connectivity index (χ0) is 11.7. The molecule has 0 saturated carbocycles. The van der Waals surface area contributed by atoms with Crippen molar-refractivity contribution < 1.29 is 9.13 Å². The highest BCUT2D eigenvalue weighted by molar-refractivity contribution is 9.09. The fourth-order valence-corrected chi connectivity index (χ4v) is 3.12. The van der Waals surface area contributed by atoms with Crippen molar-refractivity contribution in [3.8, 4) is 0 Å². The van der Waals surface area contributed by atoms with Gasteiger partial charge in [0.25, 0.3) is 0 Å². The third-order valence-electron chi connectivity index (χ3n) is 2.87. The molecule has 1 aromatic rings. The lowest BCUT2D eigenvalue weighted by molar-refractivity contribution is 0.110. The zero-order valence-electron chi connectivity index (χ0n) is 8.97. The first-order valence-corrected chi connectivity index (χ1v) is 6.60. The lowest BCUT2D eigenvalue weighted by atomic mass is 10.0. The molecule has 1 fully saturated rings. The minimum absolute atomic E-state index is 0.0433. The van der Waals surface area contributed by atoms with E-state index in [-0.39, 0.29) is 16.7 Å². The number of alkyl halides is 1. The number of hydrogen-bond donors (Lipinski definition) is 0. The number of aryl methyl sites for hydroxylation is 1. The van der Waals surface area contributed by atoms with Crippen molar-refractivity contribution in [1.82, 2.24) is 0 Å². The van der Waals surface area contributed by atoms with Gasteiger partial charge in [-0.2, -0.15) is 0 Å². The normalized spacial score (nSPS) is 22.4. The van der Waals surface area contributed by atoms with Crippen molar-refractivity contribution in [3.63, 3.8) is 0 Å². The third-order valence-corrected chi connectivity index (χ3v) is 4.28. The lowest BCUT2D eigenvalue weighted by Crippen LogP contribution is -2.13. The maximum Gasteiger partial charge on any atom is 0.127 e. The molecule has 2 unspecified atom stereocenters. The van der Waals surface area contributed by atoms with Gasteiger partial charge >= 0.3 is 0 Å². The van der Waals surface area contributed by atoms with E-state index in [1.54, 1.807) is 13.0 Å². The maximum absolute atomic E-state index is 13.3. The van der Waals surface area contributed by atoms with Gasteiger partial charge in [-0.15, -0.1) is 0 Å². The minimum atomic E-state index is -0.263. The van der Waals surface area contributed by atoms with E-state index in [0.29, 0.717) is 10.6 Å². The summed E-state index contributed by atoms with van der Waals surface area (Å²) in [5.41, 5.74) is 1.52. The second kappa shape index (κ2) is 5.03. The highest BCUT2D eigenvalue weighted by Gasteiger charge is 2.27. The molecule has 1 nitrogen and oxygen atoms in total. The van der Waals surface area contributed by atoms with Crippen LogP contribution in [0, 0.1) is 12.7 Å². The number of benzene rings is 1. The van der Waals surface area contributed by atoms with Crippen LogP contribution in [0.4, 0.5) is 4.39 Å². The number of rotatable bonds is 2. The molecule has 2 atom stereocenters. The average molecular weight is 308 g/mol. The first-order chi connectivity index (χ1) is 7.59. The third kappa shape index (κ3) is 2.41. The van der Waals surface area contributed by atoms with E-state index in [9.17, 15) is 4.39 Å². The zero-order valence-corrected chi connectivity index (χ0v) is 11.3. The molecule has 16 heavy (non-hydrogen) atoms. The summed E-state index contributed by atoms with van der Waals surface area (Å²) in [6, 6.07) is 3.16. The van der Waals surface area contributed by atoms with Gasteiger partial charge in [-0.05, 0) is 37.0 Å². The van der Waals surface area contributed by atoms with Gasteiger partial charge in [-0.3, -0.25) is 0 Å². The van der Waals surface area contributed by atoms with Gasteiger partial charge in [0, 0.05) is 11.6 Å². The van der Waals surface area contributed by atoms with E-state index in [2.05, 4.69) is 15.9 Å². The molecule has 4 heteroatoms. The summed E-state index contributed by atoms with van der Waals surface area (Å²) in [7, 11) is 0. The first-order valence-electron chi connectivity index (χ1n) is 5.31. The van der Waals surface area contributed by atoms with Crippen LogP contribution < -0.4 is 0 Å². The maximum atomic E-state index is 13.3. The van der Waals surface area contributed by atoms with E-state index in [1.807, 2.05) is 0 Å². The molecule has 0 radical (unpaired) electrons. The molecule has 0 N–H and O–H groups in total. The van der Waals surface area contributed by atoms with Crippen molar-refractivity contribution in [1.29, 1.82) is 0 Å². The Morgan fingerprint density at radius 1 is 1.56 bits per heavy atom. The molecule has 1 heterocycles. The monoisotopic (exact) mass is 306 g/mol. The predicted octanol–water partition coefficient (Wildman–Crippen LogP) is 4.40. The number of halogens is 3. The predicted molar refractivity (Wildman–Crippen MR) is 66.8 cm³/mol. The van der Waals surface area contributed by atoms with Crippen LogP contribution >= 0.6 is 27.5 Å². The topological polar surface area (TPSA) is 9.23 Å². The van der Waals surface area contributed by atoms with Crippen molar-refractivity contribution in [3.05, 3.63) is 34.1 Å². The highest BCUT2D eigenvalue weighted by atomic mass is 79.9. The minimum Gasteiger partial charge on any atom is -0.377 e. The molecule has 0 amide bonds. The average Bonchev–Trinajstić information content (AvgIpc) is 2.75. The standard InChI is InChI=1S/C12H13BrClFO/c1-7-5-8(9(14)6-10(7)15)12(13)11-3-2-4-16-11/h5-6,11-12H,2-4H2,1H3. The second-order valence-corrected chi connectivity index (χ2v) is 5.47. The Balaban J connectivity index is 2.28. The Morgan fingerprint density at radius 2 is 2.31 bits per heavy atom. The van der Waals surface area contributed by atoms with E-state index in [0.717, 1.165) is 25.0 Å². The molecule has 1 saturated heterocycles. The van der Waals surface area contributed by atoms with E-state index >= 15 is 0 Å². The van der Waals surface area contributed by atoms with Crippen molar-refractivity contribution in [2.75, 3.05) is 6.61 Å². The van der Waals surface area contributed by atoms with Crippen LogP contribution in [0.15, 0.2) is 12.1 Å². The van der Waals surface area contributed by atoms with Crippen LogP contribution in [-0.4, -0.2) is 12.7 Å². The van der Waals surface area contributed by atoms with Crippen molar-refractivity contribution in [2.45, 2.75) is 30.7 Å². The molecule has 0 spiro atoms. The molecular formula is C12H13BrClFO. The van der Waals surface area contributed by atoms with Crippen LogP contribution in [0.3, 0.4) is 0 Å². The Kier molecular flexibility index (Phi) is 3.88. The molecule has 88 valence electrons. The van der Waals surface area contributed by atoms with E-state index < -0.39 is 0 Å². The SMILES string of the molecule is Cc1cc(C(Br)C2CCCO2)c(Cl)cc1F. The fraction of sp³-hybridized carbons (Fsp3) is 0.500. The van der Waals surface area contributed by atoms with Gasteiger partial charge in [-0.25, -0.2) is 4.39 Å². The van der Waals surface area contributed by atoms with E-state index in [4.69, 9.17) is 16.3 Å². The largest absolute Gasteiger partial charge is 0.377 e. The van der Waals surface area contributed by atoms with Gasteiger partial charge in [0.15, 0.2) is 0 Å². The van der Waals surface area contributed by atoms with Gasteiger partial charge in [0.1, 0.15) is 5.82 Å². The summed E-state index contributed by atoms with van der Waals surface area (Å²) in [6.45, 7) is 2.54. The van der Waals surface area contributed by atoms with Crippen LogP contribution in [0.2, 0.25) is 5.02 Å². The molecule has 0 aromatic heterocycles. The summed E-state index contributed by atoms with van der Waals surface area (Å²) in [6.07, 6.45) is 2.23. The molecule has 0 bridgehead atoms. The number of ether oxygens (including phenoxy) is 1. The quantitative estimate of drug-likeness (QED) is 0.736. The fourth-order valence-electron chi connectivity index (χ4n) is 1.92. The Morgan fingerprint density at radius 3 is 2.94 bits per heavy atom. The van der Waals surface area contributed by atoms with Gasteiger partial charge in [0.2, 0.25) is 0 Å². The molecule has 1 aromatic carbocycles. The smallest absolute Gasteiger partial charge is 0.127 e. The van der Waals surface area contributed by atoms with Crippen LogP contribution in [-0.2, 0) is 4.74 Å². The number of hydrogen-bond acceptors (Lipinski definition) is 1. The highest BCUT2D eigenvalue weighted by Crippen LogP contribution is 2.38. The Hall–Kier alpha value is -0.120. The van der Waals surface area contributed by atoms with Crippen LogP contribution in [0.5, 0.6) is 0 Å². The van der Waals surface area contributed by atoms with Gasteiger partial charge < -0.3 is 4.74 Å². The van der Waals surface area contributed by atoms with Crippen molar-refractivity contribution in [2.24, 2.45) is 0 Å². The summed E-state index contributed by atoms with van der Waals surface area (Å²) in [5, 5.41) is 0.459. The molecular weight excluding hydrogens is 294 g/mol.